The highest BCUT2D eigenvalue weighted by Gasteiger charge is 2.46. The molecule has 2 aliphatic rings. The number of anilines is 1. The van der Waals surface area contributed by atoms with E-state index < -0.39 is 0 Å². The summed E-state index contributed by atoms with van der Waals surface area (Å²) in [5.41, 5.74) is 6.43. The highest BCUT2D eigenvalue weighted by Crippen LogP contribution is 2.51. The summed E-state index contributed by atoms with van der Waals surface area (Å²) in [6.07, 6.45) is 4.59. The topological polar surface area (TPSA) is 78.6 Å². The molecule has 2 amide bonds. The zero-order valence-corrected chi connectivity index (χ0v) is 19.4. The van der Waals surface area contributed by atoms with Crippen molar-refractivity contribution < 1.29 is 9.90 Å². The first kappa shape index (κ1) is 22.0. The normalized spacial score (nSPS) is 16.2. The van der Waals surface area contributed by atoms with Crippen LogP contribution in [0.1, 0.15) is 42.4 Å². The van der Waals surface area contributed by atoms with Crippen LogP contribution in [-0.4, -0.2) is 17.7 Å². The molecule has 0 saturated heterocycles. The van der Waals surface area contributed by atoms with Gasteiger partial charge in [0, 0.05) is 29.1 Å². The van der Waals surface area contributed by atoms with Crippen LogP contribution < -0.4 is 15.4 Å². The second-order valence-corrected chi connectivity index (χ2v) is 9.75. The number of aliphatic hydroxyl groups is 1. The maximum atomic E-state index is 13.3. The number of carbonyl (C=O) groups excluding carboxylic acids is 1. The van der Waals surface area contributed by atoms with Crippen molar-refractivity contribution in [2.75, 3.05) is 11.4 Å². The molecular formula is C27H29N3O2S. The first-order valence-corrected chi connectivity index (χ1v) is 12.4. The number of aliphatic hydroxyl groups excluding tert-OH is 1. The Hall–Kier alpha value is -2.80. The Labute approximate surface area is 199 Å². The molecule has 0 bridgehead atoms. The van der Waals surface area contributed by atoms with E-state index in [1.54, 1.807) is 0 Å². The fourth-order valence-corrected chi connectivity index (χ4v) is 5.69. The van der Waals surface area contributed by atoms with E-state index in [4.69, 9.17) is 5.14 Å². The molecule has 5 rings (SSSR count). The smallest absolute Gasteiger partial charge is 0.322 e. The van der Waals surface area contributed by atoms with Gasteiger partial charge in [-0.15, -0.1) is 0 Å². The van der Waals surface area contributed by atoms with Crippen molar-refractivity contribution in [1.82, 2.24) is 5.32 Å². The number of nitrogens with one attached hydrogen (secondary N) is 1. The van der Waals surface area contributed by atoms with Crippen LogP contribution in [0.4, 0.5) is 10.5 Å². The molecule has 1 aliphatic heterocycles. The molecule has 1 heterocycles. The van der Waals surface area contributed by atoms with Gasteiger partial charge in [0.15, 0.2) is 0 Å². The van der Waals surface area contributed by atoms with Gasteiger partial charge in [0.05, 0.1) is 6.61 Å². The Morgan fingerprint density at radius 1 is 1.06 bits per heavy atom. The zero-order valence-electron chi connectivity index (χ0n) is 18.6. The van der Waals surface area contributed by atoms with E-state index in [0.717, 1.165) is 52.2 Å². The van der Waals surface area contributed by atoms with Gasteiger partial charge in [-0.1, -0.05) is 55.3 Å². The lowest BCUT2D eigenvalue weighted by Crippen LogP contribution is -2.41. The molecule has 3 aromatic rings. The number of nitrogens with two attached hydrogens (primary N) is 1. The molecule has 0 atom stereocenters. The van der Waals surface area contributed by atoms with Gasteiger partial charge in [-0.3, -0.25) is 10.0 Å². The van der Waals surface area contributed by atoms with Crippen molar-refractivity contribution in [3.8, 4) is 11.1 Å². The number of rotatable bonds is 5. The summed E-state index contributed by atoms with van der Waals surface area (Å²) in [5, 5.41) is 18.5. The van der Waals surface area contributed by atoms with E-state index in [0.29, 0.717) is 6.54 Å². The number of benzene rings is 3. The summed E-state index contributed by atoms with van der Waals surface area (Å²) < 4.78 is 0. The van der Waals surface area contributed by atoms with Crippen molar-refractivity contribution >= 4 is 23.7 Å². The SMILES string of the molecule is NSc1ccc(CNC(=O)N2CC3(CCCC3)c3cc(-c4ccccc4CO)ccc32)cc1. The Kier molecular flexibility index (Phi) is 6.15. The van der Waals surface area contributed by atoms with Crippen LogP contribution in [0, 0.1) is 0 Å². The molecule has 0 radical (unpaired) electrons. The van der Waals surface area contributed by atoms with Crippen molar-refractivity contribution in [2.24, 2.45) is 5.14 Å². The second-order valence-electron chi connectivity index (χ2n) is 9.04. The molecule has 1 fully saturated rings. The standard InChI is InChI=1S/C27H29N3O2S/c28-33-22-10-7-19(8-11-22)16-29-26(32)30-18-27(13-3-4-14-27)24-15-20(9-12-25(24)30)23-6-2-1-5-21(23)17-31/h1-2,5-12,15,31H,3-4,13-14,16-18,28H2,(H,29,32). The minimum Gasteiger partial charge on any atom is -0.392 e. The van der Waals surface area contributed by atoms with Gasteiger partial charge in [-0.2, -0.15) is 0 Å². The third-order valence-electron chi connectivity index (χ3n) is 7.13. The number of hydrogen-bond donors (Lipinski definition) is 3. The van der Waals surface area contributed by atoms with E-state index in [1.807, 2.05) is 47.4 Å². The molecule has 0 aromatic heterocycles. The molecule has 6 heteroatoms. The predicted molar refractivity (Wildman–Crippen MR) is 134 cm³/mol. The van der Waals surface area contributed by atoms with Gasteiger partial charge in [-0.05, 0) is 76.9 Å². The van der Waals surface area contributed by atoms with Crippen LogP contribution in [0.2, 0.25) is 0 Å². The summed E-state index contributed by atoms with van der Waals surface area (Å²) >= 11 is 1.22. The number of carbonyl (C=O) groups is 1. The molecule has 0 unspecified atom stereocenters. The van der Waals surface area contributed by atoms with Gasteiger partial charge in [0.1, 0.15) is 0 Å². The highest BCUT2D eigenvalue weighted by atomic mass is 32.2. The molecule has 5 nitrogen and oxygen atoms in total. The lowest BCUT2D eigenvalue weighted by molar-refractivity contribution is 0.245. The molecule has 4 N–H and O–H groups in total. The number of hydrogen-bond acceptors (Lipinski definition) is 4. The van der Waals surface area contributed by atoms with Crippen molar-refractivity contribution in [3.63, 3.8) is 0 Å². The largest absolute Gasteiger partial charge is 0.392 e. The minimum absolute atomic E-state index is 0.0118. The fraction of sp³-hybridized carbons (Fsp3) is 0.296. The van der Waals surface area contributed by atoms with Gasteiger partial charge in [0.2, 0.25) is 0 Å². The molecular weight excluding hydrogens is 430 g/mol. The maximum absolute atomic E-state index is 13.3. The summed E-state index contributed by atoms with van der Waals surface area (Å²) in [7, 11) is 0. The van der Waals surface area contributed by atoms with Crippen molar-refractivity contribution in [3.05, 3.63) is 83.4 Å². The molecule has 1 saturated carbocycles. The Morgan fingerprint density at radius 3 is 2.55 bits per heavy atom. The van der Waals surface area contributed by atoms with Crippen LogP contribution in [0.25, 0.3) is 11.1 Å². The third kappa shape index (κ3) is 4.14. The monoisotopic (exact) mass is 459 g/mol. The quantitative estimate of drug-likeness (QED) is 0.449. The highest BCUT2D eigenvalue weighted by molar-refractivity contribution is 7.97. The first-order valence-electron chi connectivity index (χ1n) is 11.5. The van der Waals surface area contributed by atoms with Gasteiger partial charge >= 0.3 is 6.03 Å². The van der Waals surface area contributed by atoms with Gasteiger partial charge in [-0.25, -0.2) is 4.79 Å². The van der Waals surface area contributed by atoms with Crippen molar-refractivity contribution in [1.29, 1.82) is 0 Å². The maximum Gasteiger partial charge on any atom is 0.322 e. The van der Waals surface area contributed by atoms with Crippen LogP contribution >= 0.6 is 11.9 Å². The van der Waals surface area contributed by atoms with Gasteiger partial charge in [0.25, 0.3) is 0 Å². The average Bonchev–Trinajstić information content (AvgIpc) is 3.48. The fourth-order valence-electron chi connectivity index (χ4n) is 5.40. The van der Waals surface area contributed by atoms with Crippen LogP contribution in [0.5, 0.6) is 0 Å². The first-order chi connectivity index (χ1) is 16.1. The van der Waals surface area contributed by atoms with Crippen LogP contribution in [-0.2, 0) is 18.6 Å². The van der Waals surface area contributed by atoms with Crippen molar-refractivity contribution in [2.45, 2.75) is 49.1 Å². The molecule has 1 aliphatic carbocycles. The molecule has 3 aromatic carbocycles. The molecule has 170 valence electrons. The minimum atomic E-state index is -0.0548. The molecule has 33 heavy (non-hydrogen) atoms. The molecule has 1 spiro atoms. The number of urea groups is 1. The average molecular weight is 460 g/mol. The van der Waals surface area contributed by atoms with Crippen LogP contribution in [0.3, 0.4) is 0 Å². The number of fused-ring (bicyclic) bond motifs is 2. The lowest BCUT2D eigenvalue weighted by atomic mass is 9.79. The number of amides is 2. The third-order valence-corrected chi connectivity index (χ3v) is 7.67. The van der Waals surface area contributed by atoms with E-state index in [-0.39, 0.29) is 18.1 Å². The summed E-state index contributed by atoms with van der Waals surface area (Å²) in [6, 6.07) is 22.3. The zero-order chi connectivity index (χ0) is 22.8. The van der Waals surface area contributed by atoms with Crippen LogP contribution in [0.15, 0.2) is 71.6 Å². The Bertz CT molecular complexity index is 1160. The summed E-state index contributed by atoms with van der Waals surface area (Å²) in [4.78, 5) is 16.2. The van der Waals surface area contributed by atoms with E-state index in [2.05, 4.69) is 29.6 Å². The lowest BCUT2D eigenvalue weighted by Gasteiger charge is -2.25. The van der Waals surface area contributed by atoms with E-state index in [1.165, 1.54) is 30.4 Å². The van der Waals surface area contributed by atoms with Gasteiger partial charge < -0.3 is 10.4 Å². The Balaban J connectivity index is 1.42. The second kappa shape index (κ2) is 9.21. The van der Waals surface area contributed by atoms with E-state index in [9.17, 15) is 9.90 Å². The summed E-state index contributed by atoms with van der Waals surface area (Å²) in [5.74, 6) is 0. The predicted octanol–water partition coefficient (Wildman–Crippen LogP) is 5.35. The summed E-state index contributed by atoms with van der Waals surface area (Å²) in [6.45, 7) is 1.22. The number of nitrogens with zero attached hydrogens (tertiary/aromatic N) is 1. The van der Waals surface area contributed by atoms with E-state index >= 15 is 0 Å². The Morgan fingerprint density at radius 2 is 1.82 bits per heavy atom.